The highest BCUT2D eigenvalue weighted by Crippen LogP contribution is 2.54. The number of hydrogen-bond acceptors (Lipinski definition) is 11. The van der Waals surface area contributed by atoms with Crippen LogP contribution in [0.4, 0.5) is 5.69 Å². The molecule has 0 heterocycles. The summed E-state index contributed by atoms with van der Waals surface area (Å²) in [5.74, 6) is -6.67. The van der Waals surface area contributed by atoms with Crippen LogP contribution in [0.2, 0.25) is 0 Å². The summed E-state index contributed by atoms with van der Waals surface area (Å²) >= 11 is 0. The predicted octanol–water partition coefficient (Wildman–Crippen LogP) is -0.533. The number of aliphatic hydroxyl groups is 3. The maximum Gasteiger partial charge on any atom is 0.255 e. The summed E-state index contributed by atoms with van der Waals surface area (Å²) in [7, 11) is 6.78. The van der Waals surface area contributed by atoms with Gasteiger partial charge in [-0.05, 0) is 51.4 Å². The summed E-state index contributed by atoms with van der Waals surface area (Å²) in [6.45, 7) is 2.56. The van der Waals surface area contributed by atoms with Crippen LogP contribution in [-0.2, 0) is 27.3 Å². The van der Waals surface area contributed by atoms with Gasteiger partial charge in [-0.15, -0.1) is 0 Å². The lowest BCUT2D eigenvalue weighted by molar-refractivity contribution is -0.153. The predicted molar refractivity (Wildman–Crippen MR) is 144 cm³/mol. The number of amides is 1. The summed E-state index contributed by atoms with van der Waals surface area (Å²) in [5.41, 5.74) is 9.38. The first-order chi connectivity index (χ1) is 18.1. The van der Waals surface area contributed by atoms with Gasteiger partial charge < -0.3 is 42.1 Å². The molecule has 0 aliphatic heterocycles. The number of nitrogens with two attached hydrogens (primary N) is 2. The van der Waals surface area contributed by atoms with Gasteiger partial charge in [-0.2, -0.15) is 0 Å². The minimum atomic E-state index is -2.67. The Balaban J connectivity index is 1.93. The highest BCUT2D eigenvalue weighted by molar-refractivity contribution is 6.24. The zero-order chi connectivity index (χ0) is 29.1. The minimum absolute atomic E-state index is 0.0388. The number of rotatable bonds is 7. The fourth-order valence-electron chi connectivity index (χ4n) is 6.31. The smallest absolute Gasteiger partial charge is 0.255 e. The zero-order valence-corrected chi connectivity index (χ0v) is 22.8. The molecule has 4 rings (SSSR count). The van der Waals surface area contributed by atoms with Crippen molar-refractivity contribution in [3.63, 3.8) is 0 Å². The fraction of sp³-hybridized carbons (Fsp3) is 0.519. The normalized spacial score (nSPS) is 27.3. The van der Waals surface area contributed by atoms with Gasteiger partial charge >= 0.3 is 0 Å². The number of hydrogen-bond donors (Lipinski definition) is 7. The molecule has 1 unspecified atom stereocenters. The number of anilines is 1. The Morgan fingerprint density at radius 1 is 1.21 bits per heavy atom. The van der Waals surface area contributed by atoms with Crippen LogP contribution < -0.4 is 21.7 Å². The van der Waals surface area contributed by atoms with Gasteiger partial charge in [0.15, 0.2) is 11.4 Å². The number of nitrogens with one attached hydrogen (secondary N) is 1. The van der Waals surface area contributed by atoms with E-state index >= 15 is 0 Å². The van der Waals surface area contributed by atoms with E-state index in [1.807, 2.05) is 32.0 Å². The Bertz CT molecular complexity index is 1320. The number of Topliss-reactive ketones (excluding diaryl/α,β-unsaturated/α-hetero) is 2. The number of nitrogens with zero attached hydrogens (tertiary/aromatic N) is 2. The molecular formula is C27H37N5O7. The lowest BCUT2D eigenvalue weighted by atomic mass is 9.57. The van der Waals surface area contributed by atoms with Crippen molar-refractivity contribution in [2.24, 2.45) is 23.3 Å². The third-order valence-electron chi connectivity index (χ3n) is 8.04. The van der Waals surface area contributed by atoms with E-state index in [4.69, 9.17) is 11.5 Å². The SMILES string of the molecule is CC(N)CNCc1cc(N(C)C)c2c(c1O)C(O)=C1C(=O)[C@]3(O)C(O)=C(C(N)=O)C(=O)[C@@H](N(C)C)[C@@H]3C[C@@H]1C2. The monoisotopic (exact) mass is 543 g/mol. The van der Waals surface area contributed by atoms with E-state index in [2.05, 4.69) is 5.32 Å². The van der Waals surface area contributed by atoms with E-state index in [9.17, 15) is 34.8 Å². The molecule has 212 valence electrons. The molecule has 1 amide bonds. The lowest BCUT2D eigenvalue weighted by Crippen LogP contribution is -2.65. The van der Waals surface area contributed by atoms with Crippen molar-refractivity contribution in [2.45, 2.75) is 44.0 Å². The Morgan fingerprint density at radius 3 is 2.38 bits per heavy atom. The number of ketones is 2. The van der Waals surface area contributed by atoms with E-state index in [0.717, 1.165) is 5.69 Å². The second kappa shape index (κ2) is 9.94. The molecule has 5 atom stereocenters. The van der Waals surface area contributed by atoms with Crippen LogP contribution in [0.3, 0.4) is 0 Å². The summed E-state index contributed by atoms with van der Waals surface area (Å²) in [4.78, 5) is 42.6. The second-order valence-electron chi connectivity index (χ2n) is 11.2. The number of carbonyl (C=O) groups excluding carboxylic acids is 3. The number of carbonyl (C=O) groups is 3. The van der Waals surface area contributed by atoms with Gasteiger partial charge in [-0.3, -0.25) is 19.3 Å². The first kappa shape index (κ1) is 28.6. The molecule has 1 saturated carbocycles. The van der Waals surface area contributed by atoms with Gasteiger partial charge in [-0.1, -0.05) is 0 Å². The van der Waals surface area contributed by atoms with E-state index < -0.39 is 58.0 Å². The van der Waals surface area contributed by atoms with Crippen molar-refractivity contribution in [1.29, 1.82) is 0 Å². The molecule has 9 N–H and O–H groups in total. The van der Waals surface area contributed by atoms with Gasteiger partial charge in [-0.25, -0.2) is 0 Å². The van der Waals surface area contributed by atoms with Gasteiger partial charge in [0, 0.05) is 56.0 Å². The third kappa shape index (κ3) is 4.27. The van der Waals surface area contributed by atoms with Crippen LogP contribution in [0.1, 0.15) is 30.0 Å². The van der Waals surface area contributed by atoms with Gasteiger partial charge in [0.05, 0.1) is 11.6 Å². The summed E-state index contributed by atoms with van der Waals surface area (Å²) in [5, 5.41) is 48.6. The van der Waals surface area contributed by atoms with Crippen LogP contribution in [0.25, 0.3) is 5.76 Å². The minimum Gasteiger partial charge on any atom is -0.508 e. The molecule has 3 aliphatic carbocycles. The van der Waals surface area contributed by atoms with Gasteiger partial charge in [0.2, 0.25) is 5.78 Å². The zero-order valence-electron chi connectivity index (χ0n) is 22.8. The molecule has 0 saturated heterocycles. The summed E-state index contributed by atoms with van der Waals surface area (Å²) in [6, 6.07) is 0.562. The number of fused-ring (bicyclic) bond motifs is 3. The van der Waals surface area contributed by atoms with Crippen LogP contribution in [0.15, 0.2) is 23.0 Å². The van der Waals surface area contributed by atoms with E-state index in [1.165, 1.54) is 4.90 Å². The van der Waals surface area contributed by atoms with Gasteiger partial charge in [0.1, 0.15) is 22.8 Å². The first-order valence-corrected chi connectivity index (χ1v) is 12.8. The third-order valence-corrected chi connectivity index (χ3v) is 8.04. The molecule has 0 aromatic heterocycles. The maximum atomic E-state index is 14.0. The molecule has 1 aromatic rings. The van der Waals surface area contributed by atoms with Crippen LogP contribution in [-0.4, -0.2) is 95.2 Å². The number of phenolic OH excluding ortho intramolecular Hbond substituents is 1. The molecule has 1 aromatic carbocycles. The maximum absolute atomic E-state index is 14.0. The summed E-state index contributed by atoms with van der Waals surface area (Å²) < 4.78 is 0. The topological polar surface area (TPSA) is 203 Å². The largest absolute Gasteiger partial charge is 0.508 e. The van der Waals surface area contributed by atoms with Crippen molar-refractivity contribution >= 4 is 28.9 Å². The molecule has 1 fully saturated rings. The molecule has 0 radical (unpaired) electrons. The molecule has 12 heteroatoms. The van der Waals surface area contributed by atoms with Gasteiger partial charge in [0.25, 0.3) is 5.91 Å². The Hall–Kier alpha value is -3.45. The van der Waals surface area contributed by atoms with E-state index in [1.54, 1.807) is 14.1 Å². The van der Waals surface area contributed by atoms with Crippen LogP contribution in [0, 0.1) is 11.8 Å². The standard InChI is InChI=1S/C27H37N5O7/c1-11(28)9-30-10-13-8-16(31(2)3)14-6-12-7-15-20(32(4)5)23(35)19(26(29)38)25(37)27(15,39)24(36)17(12)22(34)18(14)21(13)33/h8,11-12,15,20,30,33-34,37,39H,6-7,9-10,28H2,1-5H3,(H2,29,38)/t11?,12-,15-,20-,27-/m0/s1. The number of phenols is 1. The van der Waals surface area contributed by atoms with Crippen LogP contribution in [0.5, 0.6) is 5.75 Å². The number of aromatic hydroxyl groups is 1. The molecule has 12 nitrogen and oxygen atoms in total. The average Bonchev–Trinajstić information content (AvgIpc) is 2.81. The van der Waals surface area contributed by atoms with Crippen molar-refractivity contribution in [3.8, 4) is 5.75 Å². The van der Waals surface area contributed by atoms with Crippen molar-refractivity contribution in [2.75, 3.05) is 39.6 Å². The summed E-state index contributed by atoms with van der Waals surface area (Å²) in [6.07, 6.45) is 0.264. The molecule has 3 aliphatic rings. The van der Waals surface area contributed by atoms with Crippen LogP contribution >= 0.6 is 0 Å². The van der Waals surface area contributed by atoms with E-state index in [0.29, 0.717) is 17.7 Å². The number of likely N-dealkylation sites (N-methyl/N-ethyl adjacent to an activating group) is 1. The molecular weight excluding hydrogens is 506 g/mol. The van der Waals surface area contributed by atoms with Crippen molar-refractivity contribution < 1.29 is 34.8 Å². The first-order valence-electron chi connectivity index (χ1n) is 12.8. The van der Waals surface area contributed by atoms with E-state index in [-0.39, 0.29) is 42.3 Å². The molecule has 0 bridgehead atoms. The Labute approximate surface area is 226 Å². The fourth-order valence-corrected chi connectivity index (χ4v) is 6.31. The number of benzene rings is 1. The average molecular weight is 544 g/mol. The highest BCUT2D eigenvalue weighted by atomic mass is 16.3. The molecule has 0 spiro atoms. The number of primary amides is 1. The lowest BCUT2D eigenvalue weighted by Gasteiger charge is -2.50. The van der Waals surface area contributed by atoms with Crippen molar-refractivity contribution in [3.05, 3.63) is 39.7 Å². The number of aliphatic hydroxyl groups excluding tert-OH is 2. The second-order valence-corrected chi connectivity index (χ2v) is 11.2. The Morgan fingerprint density at radius 2 is 1.85 bits per heavy atom. The van der Waals surface area contributed by atoms with Crippen molar-refractivity contribution in [1.82, 2.24) is 10.2 Å². The Kier molecular flexibility index (Phi) is 7.28. The quantitative estimate of drug-likeness (QED) is 0.218. The highest BCUT2D eigenvalue weighted by Gasteiger charge is 2.64. The molecule has 39 heavy (non-hydrogen) atoms.